The van der Waals surface area contributed by atoms with Crippen LogP contribution in [0.5, 0.6) is 34.5 Å². The van der Waals surface area contributed by atoms with Crippen LogP contribution >= 0.6 is 0 Å². The molecular formula is C38H48N2O12. The lowest BCUT2D eigenvalue weighted by Crippen LogP contribution is -2.39. The lowest BCUT2D eigenvalue weighted by atomic mass is 9.83. The number of aromatic hydroxyl groups is 6. The minimum absolute atomic E-state index is 0.0122. The van der Waals surface area contributed by atoms with E-state index in [1.807, 2.05) is 0 Å². The Bertz CT molecular complexity index is 1900. The number of aliphatic hydroxyl groups is 6. The third kappa shape index (κ3) is 6.46. The average molecular weight is 725 g/mol. The van der Waals surface area contributed by atoms with Gasteiger partial charge in [-0.2, -0.15) is 0 Å². The summed E-state index contributed by atoms with van der Waals surface area (Å²) < 4.78 is 0. The van der Waals surface area contributed by atoms with Crippen molar-refractivity contribution in [1.82, 2.24) is 0 Å². The highest BCUT2D eigenvalue weighted by Gasteiger charge is 2.32. The Labute approximate surface area is 300 Å². The summed E-state index contributed by atoms with van der Waals surface area (Å²) in [5.74, 6) is -4.00. The van der Waals surface area contributed by atoms with Gasteiger partial charge in [0.25, 0.3) is 0 Å². The minimum atomic E-state index is -1.76. The molecule has 4 aromatic rings. The lowest BCUT2D eigenvalue weighted by molar-refractivity contribution is 0.0715. The van der Waals surface area contributed by atoms with Crippen molar-refractivity contribution in [3.05, 3.63) is 45.5 Å². The molecule has 0 atom stereocenters. The van der Waals surface area contributed by atoms with Crippen LogP contribution in [-0.4, -0.2) is 124 Å². The summed E-state index contributed by atoms with van der Waals surface area (Å²) >= 11 is 0. The van der Waals surface area contributed by atoms with Crippen molar-refractivity contribution in [1.29, 1.82) is 0 Å². The highest BCUT2D eigenvalue weighted by molar-refractivity contribution is 6.15. The van der Waals surface area contributed by atoms with E-state index < -0.39 is 85.2 Å². The first-order valence-corrected chi connectivity index (χ1v) is 16.7. The predicted octanol–water partition coefficient (Wildman–Crippen LogP) is 3.03. The monoisotopic (exact) mass is 724 g/mol. The van der Waals surface area contributed by atoms with Gasteiger partial charge in [0, 0.05) is 56.6 Å². The Morgan fingerprint density at radius 3 is 1.04 bits per heavy atom. The van der Waals surface area contributed by atoms with Crippen LogP contribution in [0.15, 0.2) is 22.1 Å². The molecule has 4 aromatic carbocycles. The molecule has 0 aromatic heterocycles. The number of aliphatic imine (C=N–C) groups is 2. The van der Waals surface area contributed by atoms with E-state index in [1.165, 1.54) is 0 Å². The zero-order chi connectivity index (χ0) is 39.0. The SMILES string of the molecule is Cc1cc2c(C(C)C)c(O)c(O)c(C=NC(CO)(CO)CO)c2c(O)c1-c1c(C)cc2c(C(C)C)c(O)c(O)c(C=NC(CO)(CO)CO)c2c1O. The maximum Gasteiger partial charge on any atom is 0.167 e. The van der Waals surface area contributed by atoms with E-state index >= 15 is 0 Å². The summed E-state index contributed by atoms with van der Waals surface area (Å²) in [6.07, 6.45) is 2.05. The van der Waals surface area contributed by atoms with Crippen LogP contribution in [0.2, 0.25) is 0 Å². The molecule has 0 bridgehead atoms. The molecule has 52 heavy (non-hydrogen) atoms. The second-order valence-corrected chi connectivity index (χ2v) is 14.0. The number of benzene rings is 4. The van der Waals surface area contributed by atoms with E-state index in [4.69, 9.17) is 0 Å². The fraction of sp³-hybridized carbons (Fsp3) is 0.421. The average Bonchev–Trinajstić information content (AvgIpc) is 3.10. The highest BCUT2D eigenvalue weighted by atomic mass is 16.3. The van der Waals surface area contributed by atoms with E-state index in [9.17, 15) is 61.3 Å². The van der Waals surface area contributed by atoms with Gasteiger partial charge in [0.05, 0.1) is 39.6 Å². The van der Waals surface area contributed by atoms with E-state index in [0.29, 0.717) is 21.9 Å². The van der Waals surface area contributed by atoms with Gasteiger partial charge < -0.3 is 61.3 Å². The molecule has 0 fully saturated rings. The van der Waals surface area contributed by atoms with Crippen LogP contribution < -0.4 is 0 Å². The number of fused-ring (bicyclic) bond motifs is 2. The molecule has 4 rings (SSSR count). The maximum absolute atomic E-state index is 12.2. The maximum atomic E-state index is 12.2. The van der Waals surface area contributed by atoms with Gasteiger partial charge in [0.1, 0.15) is 22.6 Å². The van der Waals surface area contributed by atoms with Gasteiger partial charge in [-0.05, 0) is 47.6 Å². The summed E-state index contributed by atoms with van der Waals surface area (Å²) in [6, 6.07) is 3.29. The molecular weight excluding hydrogens is 676 g/mol. The molecule has 0 aliphatic heterocycles. The van der Waals surface area contributed by atoms with Gasteiger partial charge in [0.2, 0.25) is 0 Å². The molecule has 0 amide bonds. The first kappa shape index (κ1) is 40.1. The fourth-order valence-electron chi connectivity index (χ4n) is 6.57. The Hall–Kier alpha value is -4.70. The van der Waals surface area contributed by atoms with Crippen LogP contribution in [0.4, 0.5) is 0 Å². The van der Waals surface area contributed by atoms with Gasteiger partial charge in [0.15, 0.2) is 23.0 Å². The van der Waals surface area contributed by atoms with Crippen molar-refractivity contribution in [2.75, 3.05) is 39.6 Å². The van der Waals surface area contributed by atoms with Crippen molar-refractivity contribution in [3.63, 3.8) is 0 Å². The number of nitrogens with zero attached hydrogens (tertiary/aromatic N) is 2. The van der Waals surface area contributed by atoms with E-state index in [2.05, 4.69) is 9.98 Å². The van der Waals surface area contributed by atoms with E-state index in [1.54, 1.807) is 53.7 Å². The van der Waals surface area contributed by atoms with E-state index in [0.717, 1.165) is 12.4 Å². The zero-order valence-corrected chi connectivity index (χ0v) is 30.0. The number of aryl methyl sites for hydroxylation is 2. The third-order valence-electron chi connectivity index (χ3n) is 9.69. The van der Waals surface area contributed by atoms with Crippen molar-refractivity contribution >= 4 is 34.0 Å². The smallest absolute Gasteiger partial charge is 0.167 e. The van der Waals surface area contributed by atoms with Gasteiger partial charge >= 0.3 is 0 Å². The Kier molecular flexibility index (Phi) is 11.6. The molecule has 282 valence electrons. The molecule has 0 aliphatic carbocycles. The van der Waals surface area contributed by atoms with Gasteiger partial charge in [-0.15, -0.1) is 0 Å². The summed E-state index contributed by atoms with van der Waals surface area (Å²) in [5.41, 5.74) is -2.40. The second-order valence-electron chi connectivity index (χ2n) is 14.0. The Morgan fingerprint density at radius 2 is 0.788 bits per heavy atom. The van der Waals surface area contributed by atoms with Crippen LogP contribution in [0.25, 0.3) is 32.7 Å². The highest BCUT2D eigenvalue weighted by Crippen LogP contribution is 2.54. The molecule has 0 aliphatic rings. The summed E-state index contributed by atoms with van der Waals surface area (Å²) in [4.78, 5) is 8.28. The number of hydrogen-bond acceptors (Lipinski definition) is 14. The molecule has 0 radical (unpaired) electrons. The van der Waals surface area contributed by atoms with Crippen LogP contribution in [0, 0.1) is 13.8 Å². The number of phenols is 6. The largest absolute Gasteiger partial charge is 0.507 e. The molecule has 0 spiro atoms. The first-order valence-electron chi connectivity index (χ1n) is 16.7. The standard InChI is InChI=1S/C38H48N2O12/c1-17(2)25-21-7-19(5)27(33(49)29(21)23(31(47)35(25)51)9-39-37(11-41,12-42)13-43)28-20(6)8-22-26(18(3)4)36(52)32(48)24(30(22)34(28)50)10-40-38(14-44,15-45)16-46/h7-10,17-18,41-52H,11-16H2,1-6H3. The molecule has 0 saturated heterocycles. The topological polar surface area (TPSA) is 267 Å². The number of aliphatic hydroxyl groups excluding tert-OH is 6. The van der Waals surface area contributed by atoms with Crippen molar-refractivity contribution in [2.24, 2.45) is 9.98 Å². The van der Waals surface area contributed by atoms with Crippen LogP contribution in [0.1, 0.15) is 72.9 Å². The Morgan fingerprint density at radius 1 is 0.500 bits per heavy atom. The quantitative estimate of drug-likeness (QED) is 0.0701. The summed E-state index contributed by atoms with van der Waals surface area (Å²) in [7, 11) is 0. The fourth-order valence-corrected chi connectivity index (χ4v) is 6.57. The first-order chi connectivity index (χ1) is 24.4. The summed E-state index contributed by atoms with van der Waals surface area (Å²) in [5, 5.41) is 129. The van der Waals surface area contributed by atoms with Gasteiger partial charge in [-0.1, -0.05) is 39.8 Å². The molecule has 0 heterocycles. The zero-order valence-electron chi connectivity index (χ0n) is 30.0. The second kappa shape index (κ2) is 15.1. The van der Waals surface area contributed by atoms with Crippen LogP contribution in [0.3, 0.4) is 0 Å². The number of hydrogen-bond donors (Lipinski definition) is 12. The van der Waals surface area contributed by atoms with E-state index in [-0.39, 0.29) is 56.0 Å². The van der Waals surface area contributed by atoms with Crippen molar-refractivity contribution in [2.45, 2.75) is 64.5 Å². The number of rotatable bonds is 13. The van der Waals surface area contributed by atoms with Crippen molar-refractivity contribution in [3.8, 4) is 45.6 Å². The van der Waals surface area contributed by atoms with Crippen molar-refractivity contribution < 1.29 is 61.3 Å². The molecule has 0 saturated carbocycles. The number of phenolic OH excluding ortho intramolecular Hbond substituents is 6. The molecule has 0 unspecified atom stereocenters. The Balaban J connectivity index is 2.26. The third-order valence-corrected chi connectivity index (χ3v) is 9.69. The van der Waals surface area contributed by atoms with Gasteiger partial charge in [-0.3, -0.25) is 9.98 Å². The predicted molar refractivity (Wildman–Crippen MR) is 198 cm³/mol. The molecule has 14 nitrogen and oxygen atoms in total. The normalized spacial score (nSPS) is 13.0. The molecule has 12 N–H and O–H groups in total. The lowest BCUT2D eigenvalue weighted by Gasteiger charge is -2.25. The minimum Gasteiger partial charge on any atom is -0.507 e. The van der Waals surface area contributed by atoms with Gasteiger partial charge in [-0.25, -0.2) is 0 Å². The van der Waals surface area contributed by atoms with Crippen LogP contribution in [-0.2, 0) is 0 Å². The summed E-state index contributed by atoms with van der Waals surface area (Å²) in [6.45, 7) is 5.77. The molecule has 14 heteroatoms.